The Morgan fingerprint density at radius 1 is 1.07 bits per heavy atom. The lowest BCUT2D eigenvalue weighted by Gasteiger charge is -2.21. The Morgan fingerprint density at radius 3 is 2.39 bits per heavy atom. The number of para-hydroxylation sites is 1. The molecule has 0 aliphatic carbocycles. The van der Waals surface area contributed by atoms with Gasteiger partial charge in [0.05, 0.1) is 7.11 Å². The van der Waals surface area contributed by atoms with Crippen LogP contribution >= 0.6 is 23.2 Å². The topological polar surface area (TPSA) is 90.9 Å². The number of benzene rings is 2. The number of rotatable bonds is 5. The number of carbonyl (C=O) groups is 1. The zero-order valence-electron chi connectivity index (χ0n) is 14.6. The normalized spacial score (nSPS) is 12.8. The Morgan fingerprint density at radius 2 is 1.75 bits per heavy atom. The quantitative estimate of drug-likeness (QED) is 0.762. The van der Waals surface area contributed by atoms with Crippen molar-refractivity contribution >= 4 is 38.9 Å². The number of methoxy groups -OCH3 is 1. The minimum absolute atomic E-state index is 0.0412. The van der Waals surface area contributed by atoms with Gasteiger partial charge in [-0.3, -0.25) is 4.79 Å². The van der Waals surface area contributed by atoms with E-state index in [9.17, 15) is 13.2 Å². The summed E-state index contributed by atoms with van der Waals surface area (Å²) in [6, 6.07) is 10.5. The average Bonchev–Trinajstić information content (AvgIpc) is 2.71. The second-order valence-electron chi connectivity index (χ2n) is 5.56. The molecule has 2 aromatic rings. The predicted molar refractivity (Wildman–Crippen MR) is 104 cm³/mol. The summed E-state index contributed by atoms with van der Waals surface area (Å²) in [5.41, 5.74) is 0.192. The smallest absolute Gasteiger partial charge is 0.256 e. The maximum atomic E-state index is 13.1. The van der Waals surface area contributed by atoms with E-state index in [1.165, 1.54) is 31.4 Å². The summed E-state index contributed by atoms with van der Waals surface area (Å²) in [4.78, 5) is 12.3. The molecule has 0 spiro atoms. The molecule has 148 valence electrons. The van der Waals surface area contributed by atoms with Crippen molar-refractivity contribution in [2.45, 2.75) is 4.90 Å². The third-order valence-electron chi connectivity index (χ3n) is 3.84. The lowest BCUT2D eigenvalue weighted by Crippen LogP contribution is -2.29. The molecule has 0 fully saturated rings. The molecule has 28 heavy (non-hydrogen) atoms. The molecule has 2 aromatic carbocycles. The standard InChI is InChI=1S/C18H15Cl2NO6S/c1-25-12-7-5-11(6-8-12)17(22)21-18(16(19)20)28(23,24)14-4-2-3-13-15(14)27-10-9-26-13/h2-8H,9-10H2,1H3,(H,21,22). The lowest BCUT2D eigenvalue weighted by molar-refractivity contribution is 0.0968. The Hall–Kier alpha value is -2.42. The molecule has 1 aliphatic rings. The number of nitrogens with one attached hydrogen (secondary N) is 1. The van der Waals surface area contributed by atoms with Crippen molar-refractivity contribution in [2.24, 2.45) is 0 Å². The number of sulfone groups is 1. The van der Waals surface area contributed by atoms with Crippen molar-refractivity contribution in [1.29, 1.82) is 0 Å². The highest BCUT2D eigenvalue weighted by atomic mass is 35.5. The SMILES string of the molecule is COc1ccc(C(=O)NC(=C(Cl)Cl)S(=O)(=O)c2cccc3c2OCCO3)cc1. The van der Waals surface area contributed by atoms with Gasteiger partial charge in [-0.05, 0) is 36.4 Å². The predicted octanol–water partition coefficient (Wildman–Crippen LogP) is 3.27. The van der Waals surface area contributed by atoms with Gasteiger partial charge in [-0.1, -0.05) is 29.3 Å². The van der Waals surface area contributed by atoms with Gasteiger partial charge in [0.15, 0.2) is 16.5 Å². The summed E-state index contributed by atoms with van der Waals surface area (Å²) in [7, 11) is -2.82. The van der Waals surface area contributed by atoms with Crippen LogP contribution in [0, 0.1) is 0 Å². The van der Waals surface area contributed by atoms with Crippen LogP contribution in [0.3, 0.4) is 0 Å². The van der Waals surface area contributed by atoms with Crippen LogP contribution in [0.15, 0.2) is 56.9 Å². The molecule has 0 radical (unpaired) electrons. The Bertz CT molecular complexity index is 1030. The Kier molecular flexibility index (Phi) is 6.02. The van der Waals surface area contributed by atoms with Crippen LogP contribution < -0.4 is 19.5 Å². The van der Waals surface area contributed by atoms with Crippen molar-refractivity contribution in [3.05, 3.63) is 57.5 Å². The molecule has 0 atom stereocenters. The van der Waals surface area contributed by atoms with Crippen molar-refractivity contribution in [3.63, 3.8) is 0 Å². The largest absolute Gasteiger partial charge is 0.497 e. The first kappa shape index (κ1) is 20.3. The zero-order chi connectivity index (χ0) is 20.3. The van der Waals surface area contributed by atoms with Crippen molar-refractivity contribution in [1.82, 2.24) is 5.32 Å². The summed E-state index contributed by atoms with van der Waals surface area (Å²) in [5, 5.41) is 1.61. The molecule has 1 heterocycles. The maximum Gasteiger partial charge on any atom is 0.256 e. The molecule has 0 saturated heterocycles. The van der Waals surface area contributed by atoms with E-state index in [4.69, 9.17) is 37.4 Å². The Labute approximate surface area is 171 Å². The number of ether oxygens (including phenoxy) is 3. The summed E-state index contributed by atoms with van der Waals surface area (Å²) in [6.07, 6.45) is 0. The molecule has 0 saturated carbocycles. The second-order valence-corrected chi connectivity index (χ2v) is 8.36. The molecule has 1 aliphatic heterocycles. The van der Waals surface area contributed by atoms with Crippen molar-refractivity contribution in [2.75, 3.05) is 20.3 Å². The number of fused-ring (bicyclic) bond motifs is 1. The maximum absolute atomic E-state index is 13.1. The summed E-state index contributed by atoms with van der Waals surface area (Å²) < 4.78 is 41.5. The highest BCUT2D eigenvalue weighted by Crippen LogP contribution is 2.39. The molecule has 0 aromatic heterocycles. The van der Waals surface area contributed by atoms with Gasteiger partial charge < -0.3 is 19.5 Å². The molecular formula is C18H15Cl2NO6S. The van der Waals surface area contributed by atoms with E-state index in [2.05, 4.69) is 5.32 Å². The highest BCUT2D eigenvalue weighted by molar-refractivity contribution is 7.95. The third-order valence-corrected chi connectivity index (χ3v) is 6.19. The van der Waals surface area contributed by atoms with Crippen molar-refractivity contribution < 1.29 is 27.4 Å². The van der Waals surface area contributed by atoms with E-state index in [-0.39, 0.29) is 28.6 Å². The molecule has 3 rings (SSSR count). The first-order chi connectivity index (χ1) is 13.3. The van der Waals surface area contributed by atoms with Gasteiger partial charge in [-0.25, -0.2) is 8.42 Å². The van der Waals surface area contributed by atoms with Crippen LogP contribution in [-0.2, 0) is 9.84 Å². The van der Waals surface area contributed by atoms with Crippen LogP contribution in [0.2, 0.25) is 0 Å². The minimum Gasteiger partial charge on any atom is -0.497 e. The van der Waals surface area contributed by atoms with E-state index in [0.717, 1.165) is 0 Å². The van der Waals surface area contributed by atoms with Crippen LogP contribution in [-0.4, -0.2) is 34.6 Å². The van der Waals surface area contributed by atoms with Gasteiger partial charge in [0.1, 0.15) is 28.4 Å². The fourth-order valence-corrected chi connectivity index (χ4v) is 4.52. The van der Waals surface area contributed by atoms with E-state index < -0.39 is 25.3 Å². The number of hydrogen-bond acceptors (Lipinski definition) is 6. The number of amides is 1. The summed E-state index contributed by atoms with van der Waals surface area (Å²) >= 11 is 11.6. The summed E-state index contributed by atoms with van der Waals surface area (Å²) in [6.45, 7) is 0.481. The van der Waals surface area contributed by atoms with Gasteiger partial charge >= 0.3 is 0 Å². The minimum atomic E-state index is -4.30. The van der Waals surface area contributed by atoms with Gasteiger partial charge in [0.25, 0.3) is 5.91 Å². The Balaban J connectivity index is 1.96. The molecule has 1 N–H and O–H groups in total. The van der Waals surface area contributed by atoms with E-state index in [1.807, 2.05) is 0 Å². The fourth-order valence-electron chi connectivity index (χ4n) is 2.50. The van der Waals surface area contributed by atoms with Gasteiger partial charge in [-0.2, -0.15) is 0 Å². The highest BCUT2D eigenvalue weighted by Gasteiger charge is 2.31. The molecular weight excluding hydrogens is 429 g/mol. The monoisotopic (exact) mass is 443 g/mol. The first-order valence-electron chi connectivity index (χ1n) is 7.99. The average molecular weight is 444 g/mol. The number of hydrogen-bond donors (Lipinski definition) is 1. The van der Waals surface area contributed by atoms with Crippen LogP contribution in [0.1, 0.15) is 10.4 Å². The van der Waals surface area contributed by atoms with Gasteiger partial charge in [-0.15, -0.1) is 0 Å². The van der Waals surface area contributed by atoms with E-state index >= 15 is 0 Å². The molecule has 1 amide bonds. The molecule has 10 heteroatoms. The first-order valence-corrected chi connectivity index (χ1v) is 10.2. The van der Waals surface area contributed by atoms with E-state index in [1.54, 1.807) is 18.2 Å². The molecule has 0 unspecified atom stereocenters. The number of halogens is 2. The van der Waals surface area contributed by atoms with Crippen molar-refractivity contribution in [3.8, 4) is 17.2 Å². The lowest BCUT2D eigenvalue weighted by atomic mass is 10.2. The third kappa shape index (κ3) is 4.04. The zero-order valence-corrected chi connectivity index (χ0v) is 16.9. The molecule has 0 bridgehead atoms. The van der Waals surface area contributed by atoms with Gasteiger partial charge in [0.2, 0.25) is 9.84 Å². The number of carbonyl (C=O) groups excluding carboxylic acids is 1. The van der Waals surface area contributed by atoms with E-state index in [0.29, 0.717) is 12.4 Å². The molecule has 7 nitrogen and oxygen atoms in total. The van der Waals surface area contributed by atoms with Crippen LogP contribution in [0.25, 0.3) is 0 Å². The summed E-state index contributed by atoms with van der Waals surface area (Å²) in [5.74, 6) is 0.156. The second kappa shape index (κ2) is 8.30. The van der Waals surface area contributed by atoms with Gasteiger partial charge in [0, 0.05) is 5.56 Å². The fraction of sp³-hybridized carbons (Fsp3) is 0.167. The van der Waals surface area contributed by atoms with Crippen LogP contribution in [0.4, 0.5) is 0 Å². The van der Waals surface area contributed by atoms with Crippen LogP contribution in [0.5, 0.6) is 17.2 Å².